The number of hydrogen-bond donors (Lipinski definition) is 0. The number of carbonyl (C=O) groups is 1. The quantitative estimate of drug-likeness (QED) is 0.778. The zero-order chi connectivity index (χ0) is 11.7. The molecule has 0 aromatic heterocycles. The van der Waals surface area contributed by atoms with Gasteiger partial charge in [0.05, 0.1) is 12.1 Å². The van der Waals surface area contributed by atoms with Crippen molar-refractivity contribution >= 4 is 5.91 Å². The zero-order valence-corrected chi connectivity index (χ0v) is 9.84. The van der Waals surface area contributed by atoms with Gasteiger partial charge in [0.15, 0.2) is 0 Å². The van der Waals surface area contributed by atoms with E-state index >= 15 is 0 Å². The van der Waals surface area contributed by atoms with Crippen LogP contribution in [0.4, 0.5) is 0 Å². The molecule has 2 unspecified atom stereocenters. The lowest BCUT2D eigenvalue weighted by atomic mass is 10.1. The molecule has 90 valence electrons. The third kappa shape index (κ3) is 2.07. The maximum absolute atomic E-state index is 11.9. The third-order valence-electron chi connectivity index (χ3n) is 3.75. The fourth-order valence-corrected chi connectivity index (χ4v) is 2.89. The van der Waals surface area contributed by atoms with Crippen molar-refractivity contribution in [3.05, 3.63) is 35.9 Å². The second-order valence-electron chi connectivity index (χ2n) is 4.85. The van der Waals surface area contributed by atoms with Crippen molar-refractivity contribution in [1.29, 1.82) is 0 Å². The van der Waals surface area contributed by atoms with Gasteiger partial charge in [-0.2, -0.15) is 0 Å². The summed E-state index contributed by atoms with van der Waals surface area (Å²) in [5.74, 6) is 0.136. The standard InChI is InChI=1S/C14H17NO2/c16-14-10-17-13-8-4-7-12(13)15(14)9-11-5-2-1-3-6-11/h1-3,5-6,12-13H,4,7-10H2. The Hall–Kier alpha value is -1.35. The second kappa shape index (κ2) is 4.49. The second-order valence-corrected chi connectivity index (χ2v) is 4.85. The highest BCUT2D eigenvalue weighted by atomic mass is 16.5. The summed E-state index contributed by atoms with van der Waals surface area (Å²) in [6, 6.07) is 10.5. The predicted octanol–water partition coefficient (Wildman–Crippen LogP) is 1.97. The van der Waals surface area contributed by atoms with E-state index in [9.17, 15) is 4.79 Å². The Balaban J connectivity index is 1.78. The number of benzene rings is 1. The summed E-state index contributed by atoms with van der Waals surface area (Å²) >= 11 is 0. The Labute approximate surface area is 101 Å². The van der Waals surface area contributed by atoms with Crippen LogP contribution in [0, 0.1) is 0 Å². The number of fused-ring (bicyclic) bond motifs is 1. The van der Waals surface area contributed by atoms with Gasteiger partial charge in [0, 0.05) is 6.54 Å². The number of ether oxygens (including phenoxy) is 1. The molecule has 1 aromatic rings. The number of amides is 1. The molecule has 1 aliphatic carbocycles. The normalized spacial score (nSPS) is 28.2. The van der Waals surface area contributed by atoms with Crippen LogP contribution >= 0.6 is 0 Å². The van der Waals surface area contributed by atoms with Crippen molar-refractivity contribution in [3.8, 4) is 0 Å². The number of carbonyl (C=O) groups excluding carboxylic acids is 1. The van der Waals surface area contributed by atoms with Gasteiger partial charge in [0.2, 0.25) is 5.91 Å². The van der Waals surface area contributed by atoms with E-state index in [0.717, 1.165) is 19.4 Å². The van der Waals surface area contributed by atoms with Gasteiger partial charge in [0.25, 0.3) is 0 Å². The maximum Gasteiger partial charge on any atom is 0.249 e. The first kappa shape index (κ1) is 10.8. The van der Waals surface area contributed by atoms with Gasteiger partial charge in [-0.25, -0.2) is 0 Å². The highest BCUT2D eigenvalue weighted by Crippen LogP contribution is 2.31. The Morgan fingerprint density at radius 3 is 2.88 bits per heavy atom. The molecule has 2 atom stereocenters. The highest BCUT2D eigenvalue weighted by Gasteiger charge is 2.39. The topological polar surface area (TPSA) is 29.5 Å². The van der Waals surface area contributed by atoms with E-state index in [4.69, 9.17) is 4.74 Å². The number of nitrogens with zero attached hydrogens (tertiary/aromatic N) is 1. The Bertz CT molecular complexity index is 404. The molecule has 3 nitrogen and oxygen atoms in total. The molecule has 0 spiro atoms. The van der Waals surface area contributed by atoms with Crippen molar-refractivity contribution in [3.63, 3.8) is 0 Å². The molecular weight excluding hydrogens is 214 g/mol. The number of hydrogen-bond acceptors (Lipinski definition) is 2. The van der Waals surface area contributed by atoms with Crippen molar-refractivity contribution in [2.45, 2.75) is 38.0 Å². The van der Waals surface area contributed by atoms with E-state index in [1.54, 1.807) is 0 Å². The van der Waals surface area contributed by atoms with E-state index in [0.29, 0.717) is 6.04 Å². The minimum Gasteiger partial charge on any atom is -0.366 e. The third-order valence-corrected chi connectivity index (χ3v) is 3.75. The molecule has 1 saturated carbocycles. The minimum atomic E-state index is 0.136. The predicted molar refractivity (Wildman–Crippen MR) is 64.4 cm³/mol. The zero-order valence-electron chi connectivity index (χ0n) is 9.84. The molecule has 1 heterocycles. The van der Waals surface area contributed by atoms with Gasteiger partial charge >= 0.3 is 0 Å². The average molecular weight is 231 g/mol. The molecule has 2 aliphatic rings. The molecule has 3 heteroatoms. The summed E-state index contributed by atoms with van der Waals surface area (Å²) in [4.78, 5) is 14.0. The fraction of sp³-hybridized carbons (Fsp3) is 0.500. The van der Waals surface area contributed by atoms with Crippen molar-refractivity contribution in [1.82, 2.24) is 4.90 Å². The van der Waals surface area contributed by atoms with Crippen LogP contribution in [0.3, 0.4) is 0 Å². The largest absolute Gasteiger partial charge is 0.366 e. The molecule has 1 amide bonds. The van der Waals surface area contributed by atoms with Crippen molar-refractivity contribution in [2.24, 2.45) is 0 Å². The lowest BCUT2D eigenvalue weighted by molar-refractivity contribution is -0.155. The average Bonchev–Trinajstić information content (AvgIpc) is 2.83. The van der Waals surface area contributed by atoms with Crippen LogP contribution in [0.25, 0.3) is 0 Å². The SMILES string of the molecule is O=C1COC2CCCC2N1Cc1ccccc1. The van der Waals surface area contributed by atoms with Crippen LogP contribution < -0.4 is 0 Å². The summed E-state index contributed by atoms with van der Waals surface area (Å²) in [5, 5.41) is 0. The summed E-state index contributed by atoms with van der Waals surface area (Å²) in [6.07, 6.45) is 3.64. The summed E-state index contributed by atoms with van der Waals surface area (Å²) < 4.78 is 5.59. The molecule has 1 saturated heterocycles. The summed E-state index contributed by atoms with van der Waals surface area (Å²) in [5.41, 5.74) is 1.20. The van der Waals surface area contributed by atoms with Gasteiger partial charge in [-0.05, 0) is 24.8 Å². The molecule has 1 aliphatic heterocycles. The summed E-state index contributed by atoms with van der Waals surface area (Å²) in [7, 11) is 0. The molecule has 0 bridgehead atoms. The summed E-state index contributed by atoms with van der Waals surface area (Å²) in [6.45, 7) is 0.984. The minimum absolute atomic E-state index is 0.136. The number of morpholine rings is 1. The lowest BCUT2D eigenvalue weighted by Crippen LogP contribution is -2.51. The van der Waals surface area contributed by atoms with Gasteiger partial charge in [-0.1, -0.05) is 30.3 Å². The highest BCUT2D eigenvalue weighted by molar-refractivity contribution is 5.78. The molecule has 2 fully saturated rings. The van der Waals surface area contributed by atoms with E-state index in [1.807, 2.05) is 23.1 Å². The van der Waals surface area contributed by atoms with Crippen LogP contribution in [-0.4, -0.2) is 29.6 Å². The maximum atomic E-state index is 11.9. The lowest BCUT2D eigenvalue weighted by Gasteiger charge is -2.37. The van der Waals surface area contributed by atoms with Crippen LogP contribution in [0.2, 0.25) is 0 Å². The van der Waals surface area contributed by atoms with E-state index < -0.39 is 0 Å². The first-order valence-corrected chi connectivity index (χ1v) is 6.29. The molecular formula is C14H17NO2. The van der Waals surface area contributed by atoms with Crippen molar-refractivity contribution in [2.75, 3.05) is 6.61 Å². The van der Waals surface area contributed by atoms with Crippen LogP contribution in [0.1, 0.15) is 24.8 Å². The molecule has 3 rings (SSSR count). The van der Waals surface area contributed by atoms with Crippen LogP contribution in [0.15, 0.2) is 30.3 Å². The fourth-order valence-electron chi connectivity index (χ4n) is 2.89. The van der Waals surface area contributed by atoms with Gasteiger partial charge < -0.3 is 9.64 Å². The smallest absolute Gasteiger partial charge is 0.249 e. The van der Waals surface area contributed by atoms with E-state index in [1.165, 1.54) is 12.0 Å². The Morgan fingerprint density at radius 1 is 1.24 bits per heavy atom. The van der Waals surface area contributed by atoms with Gasteiger partial charge in [-0.15, -0.1) is 0 Å². The van der Waals surface area contributed by atoms with E-state index in [-0.39, 0.29) is 18.6 Å². The monoisotopic (exact) mass is 231 g/mol. The van der Waals surface area contributed by atoms with E-state index in [2.05, 4.69) is 12.1 Å². The van der Waals surface area contributed by atoms with Gasteiger partial charge in [0.1, 0.15) is 6.61 Å². The Morgan fingerprint density at radius 2 is 2.06 bits per heavy atom. The molecule has 0 N–H and O–H groups in total. The van der Waals surface area contributed by atoms with Gasteiger partial charge in [-0.3, -0.25) is 4.79 Å². The molecule has 17 heavy (non-hydrogen) atoms. The first-order valence-electron chi connectivity index (χ1n) is 6.29. The molecule has 1 aromatic carbocycles. The van der Waals surface area contributed by atoms with Crippen molar-refractivity contribution < 1.29 is 9.53 Å². The van der Waals surface area contributed by atoms with Crippen LogP contribution in [-0.2, 0) is 16.1 Å². The number of rotatable bonds is 2. The first-order chi connectivity index (χ1) is 8.34. The Kier molecular flexibility index (Phi) is 2.85. The van der Waals surface area contributed by atoms with Crippen LogP contribution in [0.5, 0.6) is 0 Å². The molecule has 0 radical (unpaired) electrons.